The molecule has 0 aromatic heterocycles. The Balaban J connectivity index is 2.89. The third kappa shape index (κ3) is 3.47. The lowest BCUT2D eigenvalue weighted by Gasteiger charge is -2.05. The van der Waals surface area contributed by atoms with Crippen LogP contribution in [0.1, 0.15) is 5.56 Å². The Hall–Kier alpha value is -1.16. The van der Waals surface area contributed by atoms with Gasteiger partial charge in [-0.2, -0.15) is 0 Å². The zero-order chi connectivity index (χ0) is 11.4. The summed E-state index contributed by atoms with van der Waals surface area (Å²) in [7, 11) is 3.29. The van der Waals surface area contributed by atoms with Gasteiger partial charge in [0.2, 0.25) is 5.91 Å². The summed E-state index contributed by atoms with van der Waals surface area (Å²) < 4.78 is 14.0. The Bertz CT molecular complexity index is 402. The minimum absolute atomic E-state index is 0.172. The fourth-order valence-electron chi connectivity index (χ4n) is 0.952. The quantitative estimate of drug-likeness (QED) is 0.758. The number of halogens is 2. The van der Waals surface area contributed by atoms with E-state index in [1.54, 1.807) is 26.2 Å². The highest BCUT2D eigenvalue weighted by Crippen LogP contribution is 2.16. The third-order valence-electron chi connectivity index (χ3n) is 1.80. The van der Waals surface area contributed by atoms with E-state index in [4.69, 9.17) is 0 Å². The predicted molar refractivity (Wildman–Crippen MR) is 61.8 cm³/mol. The van der Waals surface area contributed by atoms with E-state index in [1.807, 2.05) is 0 Å². The molecule has 0 aliphatic heterocycles. The van der Waals surface area contributed by atoms with Gasteiger partial charge < -0.3 is 4.90 Å². The molecule has 1 amide bonds. The molecule has 0 spiro atoms. The van der Waals surface area contributed by atoms with Crippen LogP contribution in [0.3, 0.4) is 0 Å². The zero-order valence-corrected chi connectivity index (χ0v) is 10.1. The van der Waals surface area contributed by atoms with Gasteiger partial charge in [0.15, 0.2) is 0 Å². The first-order valence-electron chi connectivity index (χ1n) is 4.35. The number of amides is 1. The highest BCUT2D eigenvalue weighted by molar-refractivity contribution is 9.10. The maximum absolute atomic E-state index is 13.2. The van der Waals surface area contributed by atoms with Crippen molar-refractivity contribution in [3.8, 4) is 0 Å². The van der Waals surface area contributed by atoms with Gasteiger partial charge in [-0.25, -0.2) is 4.39 Å². The van der Waals surface area contributed by atoms with Crippen molar-refractivity contribution in [2.45, 2.75) is 0 Å². The van der Waals surface area contributed by atoms with Crippen LogP contribution >= 0.6 is 15.9 Å². The molecule has 0 aliphatic rings. The van der Waals surface area contributed by atoms with Gasteiger partial charge in [-0.1, -0.05) is 15.9 Å². The molecule has 0 fully saturated rings. The fraction of sp³-hybridized carbons (Fsp3) is 0.182. The number of hydrogen-bond acceptors (Lipinski definition) is 1. The summed E-state index contributed by atoms with van der Waals surface area (Å²) in [6, 6.07) is 4.58. The maximum atomic E-state index is 13.2. The van der Waals surface area contributed by atoms with E-state index >= 15 is 0 Å². The van der Waals surface area contributed by atoms with Crippen LogP contribution in [0, 0.1) is 5.82 Å². The van der Waals surface area contributed by atoms with Crippen molar-refractivity contribution < 1.29 is 9.18 Å². The van der Waals surface area contributed by atoms with Gasteiger partial charge in [-0.15, -0.1) is 0 Å². The summed E-state index contributed by atoms with van der Waals surface area (Å²) in [5.41, 5.74) is 0.388. The third-order valence-corrected chi connectivity index (χ3v) is 2.30. The first-order valence-corrected chi connectivity index (χ1v) is 5.14. The molecule has 0 heterocycles. The average molecular weight is 272 g/mol. The topological polar surface area (TPSA) is 20.3 Å². The first kappa shape index (κ1) is 11.9. The van der Waals surface area contributed by atoms with Crippen LogP contribution in [0.5, 0.6) is 0 Å². The Labute approximate surface area is 96.5 Å². The number of likely N-dealkylation sites (N-methyl/N-ethyl adjacent to an activating group) is 1. The molecule has 1 aromatic rings. The van der Waals surface area contributed by atoms with E-state index in [-0.39, 0.29) is 11.7 Å². The van der Waals surface area contributed by atoms with Crippen molar-refractivity contribution in [1.82, 2.24) is 4.90 Å². The zero-order valence-electron chi connectivity index (χ0n) is 8.50. The first-order chi connectivity index (χ1) is 7.00. The van der Waals surface area contributed by atoms with Gasteiger partial charge in [0.25, 0.3) is 0 Å². The van der Waals surface area contributed by atoms with Crippen LogP contribution in [-0.4, -0.2) is 24.9 Å². The van der Waals surface area contributed by atoms with Crippen LogP contribution in [0.2, 0.25) is 0 Å². The number of carbonyl (C=O) groups is 1. The molecule has 0 atom stereocenters. The van der Waals surface area contributed by atoms with Crippen LogP contribution < -0.4 is 0 Å². The molecule has 1 aromatic carbocycles. The van der Waals surface area contributed by atoms with Crippen molar-refractivity contribution in [3.05, 3.63) is 40.1 Å². The summed E-state index contributed by atoms with van der Waals surface area (Å²) in [5.74, 6) is -0.518. The molecule has 15 heavy (non-hydrogen) atoms. The monoisotopic (exact) mass is 271 g/mol. The van der Waals surface area contributed by atoms with E-state index in [9.17, 15) is 9.18 Å². The van der Waals surface area contributed by atoms with Crippen molar-refractivity contribution in [2.24, 2.45) is 0 Å². The van der Waals surface area contributed by atoms with Crippen LogP contribution in [0.25, 0.3) is 6.08 Å². The molecule has 0 radical (unpaired) electrons. The maximum Gasteiger partial charge on any atom is 0.246 e. The van der Waals surface area contributed by atoms with Crippen molar-refractivity contribution in [1.29, 1.82) is 0 Å². The molecule has 1 rings (SSSR count). The molecular weight excluding hydrogens is 261 g/mol. The minimum Gasteiger partial charge on any atom is -0.345 e. The molecule has 2 nitrogen and oxygen atoms in total. The lowest BCUT2D eigenvalue weighted by atomic mass is 10.2. The fourth-order valence-corrected chi connectivity index (χ4v) is 1.33. The second kappa shape index (κ2) is 5.07. The SMILES string of the molecule is CN(C)C(=O)/C=C\c1cc(Br)ccc1F. The normalized spacial score (nSPS) is 10.7. The lowest BCUT2D eigenvalue weighted by molar-refractivity contribution is -0.123. The number of benzene rings is 1. The summed E-state index contributed by atoms with van der Waals surface area (Å²) in [4.78, 5) is 12.6. The van der Waals surface area contributed by atoms with E-state index in [1.165, 1.54) is 23.1 Å². The second-order valence-electron chi connectivity index (χ2n) is 3.23. The highest BCUT2D eigenvalue weighted by atomic mass is 79.9. The lowest BCUT2D eigenvalue weighted by Crippen LogP contribution is -2.18. The number of carbonyl (C=O) groups excluding carboxylic acids is 1. The molecule has 0 N–H and O–H groups in total. The van der Waals surface area contributed by atoms with Gasteiger partial charge in [0.05, 0.1) is 0 Å². The summed E-state index contributed by atoms with van der Waals surface area (Å²) in [6.07, 6.45) is 2.80. The predicted octanol–water partition coefficient (Wildman–Crippen LogP) is 2.69. The van der Waals surface area contributed by atoms with Crippen LogP contribution in [0.15, 0.2) is 28.7 Å². The van der Waals surface area contributed by atoms with Crippen LogP contribution in [0.4, 0.5) is 4.39 Å². The molecule has 4 heteroatoms. The minimum atomic E-state index is -0.346. The molecule has 0 saturated carbocycles. The van der Waals surface area contributed by atoms with Gasteiger partial charge in [0, 0.05) is 30.2 Å². The number of hydrogen-bond donors (Lipinski definition) is 0. The Morgan fingerprint density at radius 3 is 2.73 bits per heavy atom. The molecule has 0 bridgehead atoms. The number of nitrogens with zero attached hydrogens (tertiary/aromatic N) is 1. The van der Waals surface area contributed by atoms with Gasteiger partial charge in [-0.05, 0) is 24.3 Å². The smallest absolute Gasteiger partial charge is 0.246 e. The summed E-state index contributed by atoms with van der Waals surface area (Å²) in [6.45, 7) is 0. The standard InChI is InChI=1S/C11H11BrFNO/c1-14(2)11(15)6-3-8-7-9(12)4-5-10(8)13/h3-7H,1-2H3/b6-3-. The Morgan fingerprint density at radius 2 is 2.13 bits per heavy atom. The second-order valence-corrected chi connectivity index (χ2v) is 4.15. The molecule has 0 saturated heterocycles. The van der Waals surface area contributed by atoms with Crippen molar-refractivity contribution in [2.75, 3.05) is 14.1 Å². The van der Waals surface area contributed by atoms with E-state index in [2.05, 4.69) is 15.9 Å². The van der Waals surface area contributed by atoms with E-state index in [0.717, 1.165) is 4.47 Å². The molecule has 0 unspecified atom stereocenters. The molecular formula is C11H11BrFNO. The van der Waals surface area contributed by atoms with Gasteiger partial charge >= 0.3 is 0 Å². The Kier molecular flexibility index (Phi) is 4.03. The van der Waals surface area contributed by atoms with E-state index in [0.29, 0.717) is 5.56 Å². The largest absolute Gasteiger partial charge is 0.345 e. The Morgan fingerprint density at radius 1 is 1.47 bits per heavy atom. The van der Waals surface area contributed by atoms with Crippen LogP contribution in [-0.2, 0) is 4.79 Å². The molecule has 0 aliphatic carbocycles. The summed E-state index contributed by atoms with van der Waals surface area (Å²) in [5, 5.41) is 0. The number of rotatable bonds is 2. The summed E-state index contributed by atoms with van der Waals surface area (Å²) >= 11 is 3.24. The molecule has 80 valence electrons. The van der Waals surface area contributed by atoms with Gasteiger partial charge in [-0.3, -0.25) is 4.79 Å². The van der Waals surface area contributed by atoms with Crippen molar-refractivity contribution >= 4 is 27.9 Å². The average Bonchev–Trinajstić information content (AvgIpc) is 2.18. The van der Waals surface area contributed by atoms with Gasteiger partial charge in [0.1, 0.15) is 5.82 Å². The highest BCUT2D eigenvalue weighted by Gasteiger charge is 2.01. The van der Waals surface area contributed by atoms with E-state index < -0.39 is 0 Å². The van der Waals surface area contributed by atoms with Crippen molar-refractivity contribution in [3.63, 3.8) is 0 Å².